The van der Waals surface area contributed by atoms with Crippen molar-refractivity contribution in [3.8, 4) is 0 Å². The van der Waals surface area contributed by atoms with Crippen molar-refractivity contribution in [2.45, 2.75) is 51.5 Å². The van der Waals surface area contributed by atoms with Crippen LogP contribution in [0.1, 0.15) is 34.1 Å². The second kappa shape index (κ2) is 9.55. The zero-order valence-corrected chi connectivity index (χ0v) is 18.4. The van der Waals surface area contributed by atoms with Gasteiger partial charge in [-0.25, -0.2) is 4.79 Å². The zero-order chi connectivity index (χ0) is 23.4. The molecular weight excluding hydrogens is 402 g/mol. The van der Waals surface area contributed by atoms with Crippen LogP contribution in [0.25, 0.3) is 0 Å². The summed E-state index contributed by atoms with van der Waals surface area (Å²) in [6.45, 7) is 6.68. The molecular formula is C23H29NO7. The fourth-order valence-corrected chi connectivity index (χ4v) is 3.54. The number of carbonyl (C=O) groups excluding carboxylic acids is 3. The fourth-order valence-electron chi connectivity index (χ4n) is 3.54. The summed E-state index contributed by atoms with van der Waals surface area (Å²) in [6, 6.07) is 0. The van der Waals surface area contributed by atoms with Gasteiger partial charge in [-0.15, -0.1) is 0 Å². The summed E-state index contributed by atoms with van der Waals surface area (Å²) in [6.07, 6.45) is 9.13. The first-order valence-corrected chi connectivity index (χ1v) is 9.90. The Labute approximate surface area is 181 Å². The number of hydrogen-bond acceptors (Lipinski definition) is 7. The molecule has 2 heterocycles. The molecule has 0 aromatic carbocycles. The van der Waals surface area contributed by atoms with Crippen molar-refractivity contribution >= 4 is 17.7 Å². The van der Waals surface area contributed by atoms with Gasteiger partial charge in [0.2, 0.25) is 11.4 Å². The highest BCUT2D eigenvalue weighted by molar-refractivity contribution is 6.21. The summed E-state index contributed by atoms with van der Waals surface area (Å²) in [4.78, 5) is 36.7. The third-order valence-electron chi connectivity index (χ3n) is 5.18. The van der Waals surface area contributed by atoms with Crippen LogP contribution in [0.15, 0.2) is 58.7 Å². The maximum absolute atomic E-state index is 12.8. The Morgan fingerprint density at radius 3 is 2.45 bits per heavy atom. The number of nitrogens with one attached hydrogen (secondary N) is 1. The lowest BCUT2D eigenvalue weighted by Gasteiger charge is -2.22. The molecule has 1 amide bonds. The van der Waals surface area contributed by atoms with Crippen molar-refractivity contribution < 1.29 is 34.1 Å². The van der Waals surface area contributed by atoms with E-state index >= 15 is 0 Å². The van der Waals surface area contributed by atoms with Crippen molar-refractivity contribution in [2.75, 3.05) is 13.7 Å². The van der Waals surface area contributed by atoms with E-state index in [9.17, 15) is 19.5 Å². The number of rotatable bonds is 9. The summed E-state index contributed by atoms with van der Waals surface area (Å²) < 4.78 is 10.0. The van der Waals surface area contributed by atoms with Crippen LogP contribution in [0.2, 0.25) is 0 Å². The van der Waals surface area contributed by atoms with Gasteiger partial charge in [-0.05, 0) is 39.3 Å². The Kier molecular flexibility index (Phi) is 7.54. The lowest BCUT2D eigenvalue weighted by molar-refractivity contribution is -0.138. The molecule has 8 heteroatoms. The molecule has 0 spiro atoms. The number of epoxide rings is 1. The Balaban J connectivity index is 2.08. The molecule has 2 saturated heterocycles. The minimum atomic E-state index is -1.74. The van der Waals surface area contributed by atoms with Gasteiger partial charge in [-0.1, -0.05) is 41.5 Å². The van der Waals surface area contributed by atoms with E-state index < -0.39 is 35.1 Å². The highest BCUT2D eigenvalue weighted by Crippen LogP contribution is 2.50. The van der Waals surface area contributed by atoms with Crippen LogP contribution >= 0.6 is 0 Å². The van der Waals surface area contributed by atoms with Crippen molar-refractivity contribution in [1.29, 1.82) is 0 Å². The number of hydrogen-bond donors (Lipinski definition) is 3. The van der Waals surface area contributed by atoms with Crippen LogP contribution < -0.4 is 5.32 Å². The molecule has 3 atom stereocenters. The van der Waals surface area contributed by atoms with Crippen molar-refractivity contribution in [3.63, 3.8) is 0 Å². The molecule has 0 unspecified atom stereocenters. The van der Waals surface area contributed by atoms with Crippen LogP contribution in [-0.4, -0.2) is 59.0 Å². The van der Waals surface area contributed by atoms with Gasteiger partial charge in [-0.3, -0.25) is 9.59 Å². The van der Waals surface area contributed by atoms with Gasteiger partial charge in [0.05, 0.1) is 12.7 Å². The lowest BCUT2D eigenvalue weighted by Crippen LogP contribution is -2.48. The molecule has 0 bridgehead atoms. The van der Waals surface area contributed by atoms with E-state index in [0.717, 1.165) is 11.1 Å². The van der Waals surface area contributed by atoms with Crippen molar-refractivity contribution in [1.82, 2.24) is 5.32 Å². The molecule has 168 valence electrons. The standard InChI is InChI=1S/C23H29NO7/c1-6-17(19(27)30-5)13-15(3)12-14(2)8-7-9-16(4)18(26)23-20(31-23)22(29,10-11-25)24-21(23)28/h6-9,12-13,20,25,29H,10-11H2,1-5H3,(H,24,28)/b8-7+,14-12+,15-13+,16-9+,17-6+/t20-,22-,23-/m1/s1. The summed E-state index contributed by atoms with van der Waals surface area (Å²) in [5.41, 5.74) is -1.000. The van der Waals surface area contributed by atoms with E-state index in [1.54, 1.807) is 44.2 Å². The fraction of sp³-hybridized carbons (Fsp3) is 0.435. The Hall–Kier alpha value is -2.81. The first-order chi connectivity index (χ1) is 14.5. The zero-order valence-electron chi connectivity index (χ0n) is 18.4. The molecule has 31 heavy (non-hydrogen) atoms. The predicted octanol–water partition coefficient (Wildman–Crippen LogP) is 1.41. The van der Waals surface area contributed by atoms with Crippen molar-refractivity contribution in [3.05, 3.63) is 58.7 Å². The number of methoxy groups -OCH3 is 1. The van der Waals surface area contributed by atoms with Gasteiger partial charge in [0, 0.05) is 13.0 Å². The number of fused-ring (bicyclic) bond motifs is 1. The highest BCUT2D eigenvalue weighted by Gasteiger charge is 2.80. The topological polar surface area (TPSA) is 125 Å². The number of morpholine rings is 1. The minimum Gasteiger partial charge on any atom is -0.465 e. The average molecular weight is 431 g/mol. The number of aliphatic hydroxyl groups excluding tert-OH is 1. The van der Waals surface area contributed by atoms with Gasteiger partial charge in [0.15, 0.2) is 11.8 Å². The summed E-state index contributed by atoms with van der Waals surface area (Å²) >= 11 is 0. The first-order valence-electron chi connectivity index (χ1n) is 9.90. The molecule has 2 fully saturated rings. The molecule has 0 aliphatic carbocycles. The van der Waals surface area contributed by atoms with Crippen LogP contribution in [0.5, 0.6) is 0 Å². The SMILES string of the molecule is C\C=C(/C=C(C)/C=C(C)/C=C/C=C(\C)C(=O)[C@@]12O[C@@H]1[C@](O)(CCO)NC2=O)C(=O)OC. The van der Waals surface area contributed by atoms with Crippen LogP contribution in [0.3, 0.4) is 0 Å². The number of amides is 1. The predicted molar refractivity (Wildman–Crippen MR) is 114 cm³/mol. The molecule has 3 N–H and O–H groups in total. The molecule has 0 aromatic rings. The Morgan fingerprint density at radius 2 is 1.90 bits per heavy atom. The smallest absolute Gasteiger partial charge is 0.337 e. The summed E-state index contributed by atoms with van der Waals surface area (Å²) in [5, 5.41) is 21.8. The maximum atomic E-state index is 12.8. The van der Waals surface area contributed by atoms with Gasteiger partial charge in [0.25, 0.3) is 5.91 Å². The van der Waals surface area contributed by atoms with Crippen LogP contribution in [-0.2, 0) is 23.9 Å². The second-order valence-corrected chi connectivity index (χ2v) is 7.64. The van der Waals surface area contributed by atoms with Crippen LogP contribution in [0.4, 0.5) is 0 Å². The largest absolute Gasteiger partial charge is 0.465 e. The normalized spacial score (nSPS) is 29.1. The van der Waals surface area contributed by atoms with E-state index in [-0.39, 0.29) is 13.0 Å². The van der Waals surface area contributed by atoms with Gasteiger partial charge >= 0.3 is 5.97 Å². The molecule has 2 aliphatic heterocycles. The number of aliphatic hydroxyl groups is 2. The highest BCUT2D eigenvalue weighted by atomic mass is 16.6. The van der Waals surface area contributed by atoms with Crippen molar-refractivity contribution in [2.24, 2.45) is 0 Å². The van der Waals surface area contributed by atoms with Gasteiger partial charge in [-0.2, -0.15) is 0 Å². The monoisotopic (exact) mass is 431 g/mol. The maximum Gasteiger partial charge on any atom is 0.337 e. The lowest BCUT2D eigenvalue weighted by atomic mass is 9.92. The number of carbonyl (C=O) groups is 3. The molecule has 0 radical (unpaired) electrons. The quantitative estimate of drug-likeness (QED) is 0.166. The molecule has 0 saturated carbocycles. The number of esters is 1. The number of allylic oxidation sites excluding steroid dienone is 7. The van der Waals surface area contributed by atoms with E-state index in [4.69, 9.17) is 14.6 Å². The summed E-state index contributed by atoms with van der Waals surface area (Å²) in [5.74, 6) is -1.64. The molecule has 2 rings (SSSR count). The molecule has 0 aromatic heterocycles. The van der Waals surface area contributed by atoms with E-state index in [1.165, 1.54) is 7.11 Å². The van der Waals surface area contributed by atoms with E-state index in [2.05, 4.69) is 5.32 Å². The molecule has 2 aliphatic rings. The number of ether oxygens (including phenoxy) is 2. The third-order valence-corrected chi connectivity index (χ3v) is 5.18. The van der Waals surface area contributed by atoms with Gasteiger partial charge in [0.1, 0.15) is 0 Å². The summed E-state index contributed by atoms with van der Waals surface area (Å²) in [7, 11) is 1.33. The number of ketones is 1. The Bertz CT molecular complexity index is 924. The first kappa shape index (κ1) is 24.5. The van der Waals surface area contributed by atoms with E-state index in [1.807, 2.05) is 19.9 Å². The average Bonchev–Trinajstić information content (AvgIpc) is 3.44. The number of Topliss-reactive ketones (excluding diaryl/α,β-unsaturated/α-hetero) is 1. The second-order valence-electron chi connectivity index (χ2n) is 7.64. The van der Waals surface area contributed by atoms with Crippen LogP contribution in [0, 0.1) is 0 Å². The van der Waals surface area contributed by atoms with Gasteiger partial charge < -0.3 is 25.0 Å². The molecule has 8 nitrogen and oxygen atoms in total. The minimum absolute atomic E-state index is 0.122. The Morgan fingerprint density at radius 1 is 1.23 bits per heavy atom. The van der Waals surface area contributed by atoms with E-state index in [0.29, 0.717) is 11.1 Å². The third kappa shape index (κ3) is 4.92.